The number of carbonyl (C=O) groups is 1. The molecule has 1 aliphatic heterocycles. The number of pyridine rings is 1. The average molecular weight is 459 g/mol. The van der Waals surface area contributed by atoms with Crippen LogP contribution in [0, 0.1) is 0 Å². The number of benzene rings is 3. The molecule has 6 heteroatoms. The van der Waals surface area contributed by atoms with Crippen LogP contribution in [-0.2, 0) is 20.1 Å². The number of hydrogen-bond donors (Lipinski definition) is 2. The lowest BCUT2D eigenvalue weighted by molar-refractivity contribution is -0.648. The van der Waals surface area contributed by atoms with E-state index in [0.29, 0.717) is 12.2 Å². The Morgan fingerprint density at radius 1 is 0.800 bits per heavy atom. The van der Waals surface area contributed by atoms with Crippen LogP contribution in [0.5, 0.6) is 0 Å². The topological polar surface area (TPSA) is 70.8 Å². The summed E-state index contributed by atoms with van der Waals surface area (Å²) in [7, 11) is 1.93. The summed E-state index contributed by atoms with van der Waals surface area (Å²) in [6, 6.07) is 24.6. The molecule has 8 bridgehead atoms. The van der Waals surface area contributed by atoms with E-state index in [0.717, 1.165) is 51.0 Å². The van der Waals surface area contributed by atoms with Gasteiger partial charge in [-0.2, -0.15) is 0 Å². The number of fused-ring (bicyclic) bond motifs is 9. The molecule has 0 unspecified atom stereocenters. The minimum absolute atomic E-state index is 0.240. The third kappa shape index (κ3) is 4.16. The molecule has 0 fully saturated rings. The van der Waals surface area contributed by atoms with Crippen LogP contribution in [0.15, 0.2) is 91.5 Å². The van der Waals surface area contributed by atoms with Crippen molar-refractivity contribution < 1.29 is 9.36 Å². The molecule has 0 radical (unpaired) electrons. The molecule has 1 aliphatic rings. The van der Waals surface area contributed by atoms with E-state index in [-0.39, 0.29) is 5.91 Å². The fraction of sp³-hybridized carbons (Fsp3) is 0.103. The Balaban J connectivity index is 1.52. The average Bonchev–Trinajstić information content (AvgIpc) is 2.89. The van der Waals surface area contributed by atoms with Crippen LogP contribution in [0.4, 0.5) is 5.69 Å². The lowest BCUT2D eigenvalue weighted by Gasteiger charge is -2.11. The Hall–Kier alpha value is -4.42. The van der Waals surface area contributed by atoms with Gasteiger partial charge in [0.2, 0.25) is 0 Å². The molecule has 170 valence electrons. The number of nitrogens with one attached hydrogen (secondary N) is 2. The summed E-state index contributed by atoms with van der Waals surface area (Å²) >= 11 is 0. The maximum atomic E-state index is 13.4. The Labute approximate surface area is 203 Å². The van der Waals surface area contributed by atoms with E-state index < -0.39 is 0 Å². The van der Waals surface area contributed by atoms with Gasteiger partial charge in [-0.15, -0.1) is 0 Å². The van der Waals surface area contributed by atoms with Gasteiger partial charge in [-0.05, 0) is 69.2 Å². The highest BCUT2D eigenvalue weighted by molar-refractivity contribution is 6.11. The van der Waals surface area contributed by atoms with Crippen molar-refractivity contribution >= 4 is 22.5 Å². The van der Waals surface area contributed by atoms with Crippen LogP contribution < -0.4 is 15.2 Å². The first-order chi connectivity index (χ1) is 17.1. The van der Waals surface area contributed by atoms with Gasteiger partial charge in [0, 0.05) is 36.7 Å². The van der Waals surface area contributed by atoms with Crippen molar-refractivity contribution in [3.63, 3.8) is 0 Å². The van der Waals surface area contributed by atoms with E-state index in [2.05, 4.69) is 63.1 Å². The fourth-order valence-corrected chi connectivity index (χ4v) is 4.59. The highest BCUT2D eigenvalue weighted by atomic mass is 16.1. The second-order valence-electron chi connectivity index (χ2n) is 8.86. The quantitative estimate of drug-likeness (QED) is 0.332. The van der Waals surface area contributed by atoms with Crippen LogP contribution in [0.25, 0.3) is 33.2 Å². The monoisotopic (exact) mass is 458 g/mol. The molecule has 0 aliphatic carbocycles. The highest BCUT2D eigenvalue weighted by Crippen LogP contribution is 2.27. The van der Waals surface area contributed by atoms with Crippen molar-refractivity contribution in [2.75, 3.05) is 5.32 Å². The van der Waals surface area contributed by atoms with Gasteiger partial charge in [0.1, 0.15) is 5.52 Å². The van der Waals surface area contributed by atoms with E-state index in [9.17, 15) is 4.79 Å². The SMILES string of the molecule is C[n+]1cnc2c3cc(ccc31)-c1cncc(c1)CNCc1cccc(c1)-c1cccc(c1)NC2=O. The molecule has 6 rings (SSSR count). The van der Waals surface area contributed by atoms with Crippen LogP contribution in [0.3, 0.4) is 0 Å². The molecule has 5 aromatic rings. The summed E-state index contributed by atoms with van der Waals surface area (Å²) in [6.07, 6.45) is 5.42. The molecule has 3 aromatic carbocycles. The summed E-state index contributed by atoms with van der Waals surface area (Å²) < 4.78 is 1.92. The highest BCUT2D eigenvalue weighted by Gasteiger charge is 2.21. The molecule has 0 spiro atoms. The molecule has 1 amide bonds. The molecule has 6 nitrogen and oxygen atoms in total. The normalized spacial score (nSPS) is 13.2. The minimum Gasteiger partial charge on any atom is -0.319 e. The Morgan fingerprint density at radius 3 is 2.49 bits per heavy atom. The van der Waals surface area contributed by atoms with E-state index in [4.69, 9.17) is 0 Å². The Morgan fingerprint density at radius 2 is 1.57 bits per heavy atom. The van der Waals surface area contributed by atoms with Crippen LogP contribution in [0.1, 0.15) is 21.6 Å². The lowest BCUT2D eigenvalue weighted by atomic mass is 10.0. The number of amides is 1. The van der Waals surface area contributed by atoms with Gasteiger partial charge in [-0.3, -0.25) is 9.78 Å². The zero-order chi connectivity index (χ0) is 23.8. The van der Waals surface area contributed by atoms with Gasteiger partial charge in [-0.1, -0.05) is 36.4 Å². The largest absolute Gasteiger partial charge is 0.319 e. The van der Waals surface area contributed by atoms with E-state index >= 15 is 0 Å². The smallest absolute Gasteiger partial charge is 0.300 e. The standard InChI is InChI=1S/C29H23N5O/c1-34-18-32-28-26-13-23(8-9-27(26)34)24-11-20(16-31-17-24)15-30-14-19-4-2-5-21(10-19)22-6-3-7-25(12-22)33-29(28)35/h2-13,16-18,30H,14-15H2,1H3/p+1. The Kier molecular flexibility index (Phi) is 5.28. The molecule has 35 heavy (non-hydrogen) atoms. The molecule has 2 N–H and O–H groups in total. The first kappa shape index (κ1) is 21.1. The second-order valence-corrected chi connectivity index (χ2v) is 8.86. The summed E-state index contributed by atoms with van der Waals surface area (Å²) in [5.41, 5.74) is 8.48. The van der Waals surface area contributed by atoms with Crippen molar-refractivity contribution in [1.82, 2.24) is 15.3 Å². The number of rotatable bonds is 0. The van der Waals surface area contributed by atoms with Gasteiger partial charge < -0.3 is 10.6 Å². The van der Waals surface area contributed by atoms with Crippen LogP contribution in [0.2, 0.25) is 0 Å². The maximum absolute atomic E-state index is 13.4. The number of hydrogen-bond acceptors (Lipinski definition) is 4. The molecular formula is C29H24N5O+. The van der Waals surface area contributed by atoms with Crippen molar-refractivity contribution in [3.8, 4) is 22.3 Å². The summed E-state index contributed by atoms with van der Waals surface area (Å²) in [4.78, 5) is 22.4. The van der Waals surface area contributed by atoms with Crippen LogP contribution >= 0.6 is 0 Å². The summed E-state index contributed by atoms with van der Waals surface area (Å²) in [5.74, 6) is -0.240. The summed E-state index contributed by atoms with van der Waals surface area (Å²) in [6.45, 7) is 1.45. The van der Waals surface area contributed by atoms with Gasteiger partial charge in [0.05, 0.1) is 12.4 Å². The maximum Gasteiger partial charge on any atom is 0.300 e. The first-order valence-corrected chi connectivity index (χ1v) is 11.6. The zero-order valence-corrected chi connectivity index (χ0v) is 19.3. The number of nitrogens with zero attached hydrogens (tertiary/aromatic N) is 3. The minimum atomic E-state index is -0.240. The molecule has 0 atom stereocenters. The first-order valence-electron chi connectivity index (χ1n) is 11.6. The number of aryl methyl sites for hydroxylation is 1. The number of carbonyl (C=O) groups excluding carboxylic acids is 1. The van der Waals surface area contributed by atoms with E-state index in [1.807, 2.05) is 54.3 Å². The Bertz CT molecular complexity index is 1590. The van der Waals surface area contributed by atoms with Gasteiger partial charge >= 0.3 is 5.91 Å². The molecule has 3 heterocycles. The molecule has 0 saturated carbocycles. The van der Waals surface area contributed by atoms with Crippen molar-refractivity contribution in [1.29, 1.82) is 0 Å². The van der Waals surface area contributed by atoms with Crippen molar-refractivity contribution in [2.45, 2.75) is 13.1 Å². The third-order valence-corrected chi connectivity index (χ3v) is 6.37. The summed E-state index contributed by atoms with van der Waals surface area (Å²) in [5, 5.41) is 7.38. The van der Waals surface area contributed by atoms with Gasteiger partial charge in [0.25, 0.3) is 12.0 Å². The van der Waals surface area contributed by atoms with E-state index in [1.54, 1.807) is 6.33 Å². The predicted octanol–water partition coefficient (Wildman–Crippen LogP) is 4.64. The predicted molar refractivity (Wildman–Crippen MR) is 137 cm³/mol. The fourth-order valence-electron chi connectivity index (χ4n) is 4.59. The molecule has 2 aromatic heterocycles. The molecular weight excluding hydrogens is 434 g/mol. The second kappa shape index (κ2) is 8.74. The number of anilines is 1. The van der Waals surface area contributed by atoms with Crippen molar-refractivity contribution in [3.05, 3.63) is 108 Å². The molecule has 0 saturated heterocycles. The van der Waals surface area contributed by atoms with Crippen LogP contribution in [-0.4, -0.2) is 15.9 Å². The third-order valence-electron chi connectivity index (χ3n) is 6.37. The van der Waals surface area contributed by atoms with E-state index in [1.165, 1.54) is 5.56 Å². The zero-order valence-electron chi connectivity index (χ0n) is 19.3. The van der Waals surface area contributed by atoms with Gasteiger partial charge in [0.15, 0.2) is 0 Å². The number of aromatic nitrogens is 3. The van der Waals surface area contributed by atoms with Crippen molar-refractivity contribution in [2.24, 2.45) is 7.05 Å². The lowest BCUT2D eigenvalue weighted by Crippen LogP contribution is -2.31. The van der Waals surface area contributed by atoms with Gasteiger partial charge in [-0.25, -0.2) is 4.57 Å².